The molecule has 2 rings (SSSR count). The van der Waals surface area contributed by atoms with Crippen LogP contribution in [0, 0.1) is 5.92 Å². The van der Waals surface area contributed by atoms with Crippen molar-refractivity contribution in [3.63, 3.8) is 0 Å². The van der Waals surface area contributed by atoms with Gasteiger partial charge < -0.3 is 10.0 Å². The van der Waals surface area contributed by atoms with E-state index in [9.17, 15) is 9.59 Å². The first kappa shape index (κ1) is 16.3. The SMILES string of the molecule is CC1CC(C(=O)O)CCN1C(=O)c1ncc(Cl)c(Cl)c1Cl. The fourth-order valence-corrected chi connectivity index (χ4v) is 2.99. The van der Waals surface area contributed by atoms with Crippen molar-refractivity contribution in [2.24, 2.45) is 5.92 Å². The van der Waals surface area contributed by atoms with Crippen molar-refractivity contribution in [3.05, 3.63) is 27.0 Å². The van der Waals surface area contributed by atoms with Gasteiger partial charge >= 0.3 is 5.97 Å². The maximum atomic E-state index is 12.5. The molecule has 1 fully saturated rings. The summed E-state index contributed by atoms with van der Waals surface area (Å²) in [5.74, 6) is -1.63. The summed E-state index contributed by atoms with van der Waals surface area (Å²) in [6.45, 7) is 2.15. The Hall–Kier alpha value is -1.04. The van der Waals surface area contributed by atoms with E-state index in [1.807, 2.05) is 0 Å². The van der Waals surface area contributed by atoms with E-state index in [0.717, 1.165) is 0 Å². The number of aromatic nitrogens is 1. The number of likely N-dealkylation sites (tertiary alicyclic amines) is 1. The molecular weight excluding hydrogens is 339 g/mol. The second-order valence-corrected chi connectivity index (χ2v) is 6.15. The van der Waals surface area contributed by atoms with Crippen molar-refractivity contribution in [1.29, 1.82) is 0 Å². The van der Waals surface area contributed by atoms with Gasteiger partial charge in [0.25, 0.3) is 5.91 Å². The molecule has 0 bridgehead atoms. The lowest BCUT2D eigenvalue weighted by molar-refractivity contribution is -0.143. The number of pyridine rings is 1. The van der Waals surface area contributed by atoms with E-state index in [4.69, 9.17) is 39.9 Å². The van der Waals surface area contributed by atoms with Gasteiger partial charge in [-0.05, 0) is 19.8 Å². The van der Waals surface area contributed by atoms with Crippen LogP contribution in [-0.2, 0) is 4.79 Å². The van der Waals surface area contributed by atoms with Gasteiger partial charge in [0.05, 0.1) is 21.0 Å². The number of carbonyl (C=O) groups is 2. The minimum Gasteiger partial charge on any atom is -0.481 e. The molecule has 1 N–H and O–H groups in total. The van der Waals surface area contributed by atoms with Crippen molar-refractivity contribution >= 4 is 46.7 Å². The highest BCUT2D eigenvalue weighted by atomic mass is 35.5. The largest absolute Gasteiger partial charge is 0.481 e. The van der Waals surface area contributed by atoms with E-state index < -0.39 is 11.9 Å². The molecule has 8 heteroatoms. The zero-order chi connectivity index (χ0) is 15.7. The first-order valence-electron chi connectivity index (χ1n) is 6.36. The van der Waals surface area contributed by atoms with Gasteiger partial charge in [-0.25, -0.2) is 4.98 Å². The number of halogens is 3. The number of amides is 1. The summed E-state index contributed by atoms with van der Waals surface area (Å²) >= 11 is 17.7. The van der Waals surface area contributed by atoms with Crippen LogP contribution in [-0.4, -0.2) is 39.5 Å². The molecule has 2 atom stereocenters. The number of carboxylic acid groups (broad SMARTS) is 1. The second-order valence-electron chi connectivity index (χ2n) is 4.99. The average Bonchev–Trinajstić information content (AvgIpc) is 2.44. The predicted octanol–water partition coefficient (Wildman–Crippen LogP) is 3.37. The molecule has 1 aliphatic heterocycles. The average molecular weight is 352 g/mol. The summed E-state index contributed by atoms with van der Waals surface area (Å²) in [4.78, 5) is 29.0. The number of nitrogens with zero attached hydrogens (tertiary/aromatic N) is 2. The first-order chi connectivity index (χ1) is 9.82. The molecule has 0 saturated carbocycles. The molecule has 114 valence electrons. The number of rotatable bonds is 2. The topological polar surface area (TPSA) is 70.5 Å². The first-order valence-corrected chi connectivity index (χ1v) is 7.49. The molecule has 1 saturated heterocycles. The van der Waals surface area contributed by atoms with E-state index in [-0.39, 0.29) is 32.7 Å². The maximum absolute atomic E-state index is 12.5. The van der Waals surface area contributed by atoms with Crippen LogP contribution in [0.1, 0.15) is 30.3 Å². The minimum atomic E-state index is -0.834. The van der Waals surface area contributed by atoms with Crippen molar-refractivity contribution < 1.29 is 14.7 Å². The second kappa shape index (κ2) is 6.38. The Morgan fingerprint density at radius 1 is 1.33 bits per heavy atom. The summed E-state index contributed by atoms with van der Waals surface area (Å²) in [7, 11) is 0. The lowest BCUT2D eigenvalue weighted by atomic mass is 9.91. The van der Waals surface area contributed by atoms with Crippen LogP contribution >= 0.6 is 34.8 Å². The van der Waals surface area contributed by atoms with Crippen molar-refractivity contribution in [2.45, 2.75) is 25.8 Å². The molecule has 1 aromatic heterocycles. The van der Waals surface area contributed by atoms with E-state index in [1.54, 1.807) is 11.8 Å². The summed E-state index contributed by atoms with van der Waals surface area (Å²) in [6.07, 6.45) is 2.09. The number of piperidine rings is 1. The smallest absolute Gasteiger partial charge is 0.306 e. The predicted molar refractivity (Wildman–Crippen MR) is 80.1 cm³/mol. The molecule has 1 aliphatic rings. The number of hydrogen-bond donors (Lipinski definition) is 1. The monoisotopic (exact) mass is 350 g/mol. The highest BCUT2D eigenvalue weighted by molar-refractivity contribution is 6.48. The van der Waals surface area contributed by atoms with Crippen molar-refractivity contribution in [3.8, 4) is 0 Å². The van der Waals surface area contributed by atoms with Crippen LogP contribution in [0.2, 0.25) is 15.1 Å². The Kier molecular flexibility index (Phi) is 4.96. The van der Waals surface area contributed by atoms with Crippen LogP contribution < -0.4 is 0 Å². The van der Waals surface area contributed by atoms with Gasteiger partial charge in [0.1, 0.15) is 5.69 Å². The quantitative estimate of drug-likeness (QED) is 0.887. The fourth-order valence-electron chi connectivity index (χ4n) is 2.43. The molecule has 0 aromatic carbocycles. The van der Waals surface area contributed by atoms with Gasteiger partial charge in [0, 0.05) is 18.8 Å². The number of carboxylic acids is 1. The van der Waals surface area contributed by atoms with E-state index in [2.05, 4.69) is 4.98 Å². The van der Waals surface area contributed by atoms with Gasteiger partial charge in [-0.1, -0.05) is 34.8 Å². The Bertz CT molecular complexity index is 594. The third-order valence-corrected chi connectivity index (χ3v) is 4.85. The maximum Gasteiger partial charge on any atom is 0.306 e. The lowest BCUT2D eigenvalue weighted by Crippen LogP contribution is -2.46. The van der Waals surface area contributed by atoms with Crippen LogP contribution in [0.4, 0.5) is 0 Å². The Balaban J connectivity index is 2.22. The number of carbonyl (C=O) groups excluding carboxylic acids is 1. The lowest BCUT2D eigenvalue weighted by Gasteiger charge is -2.36. The third-order valence-electron chi connectivity index (χ3n) is 3.61. The molecule has 1 amide bonds. The molecule has 0 radical (unpaired) electrons. The van der Waals surface area contributed by atoms with Gasteiger partial charge in [-0.3, -0.25) is 9.59 Å². The third kappa shape index (κ3) is 3.25. The Morgan fingerprint density at radius 2 is 2.00 bits per heavy atom. The summed E-state index contributed by atoms with van der Waals surface area (Å²) < 4.78 is 0. The normalized spacial score (nSPS) is 22.2. The molecule has 2 unspecified atom stereocenters. The number of hydrogen-bond acceptors (Lipinski definition) is 3. The van der Waals surface area contributed by atoms with E-state index >= 15 is 0 Å². The Labute approximate surface area is 136 Å². The van der Waals surface area contributed by atoms with Crippen molar-refractivity contribution in [2.75, 3.05) is 6.54 Å². The zero-order valence-corrected chi connectivity index (χ0v) is 13.4. The molecule has 0 spiro atoms. The summed E-state index contributed by atoms with van der Waals surface area (Å²) in [5.41, 5.74) is 0.0340. The highest BCUT2D eigenvalue weighted by Crippen LogP contribution is 2.33. The minimum absolute atomic E-state index is 0.0155. The van der Waals surface area contributed by atoms with Gasteiger partial charge in [-0.15, -0.1) is 0 Å². The van der Waals surface area contributed by atoms with Gasteiger partial charge in [0.15, 0.2) is 0 Å². The van der Waals surface area contributed by atoms with Crippen LogP contribution in [0.15, 0.2) is 6.20 Å². The van der Waals surface area contributed by atoms with Gasteiger partial charge in [-0.2, -0.15) is 0 Å². The zero-order valence-electron chi connectivity index (χ0n) is 11.1. The summed E-state index contributed by atoms with van der Waals surface area (Å²) in [5, 5.41) is 9.32. The van der Waals surface area contributed by atoms with Crippen LogP contribution in [0.5, 0.6) is 0 Å². The fraction of sp³-hybridized carbons (Fsp3) is 0.462. The Morgan fingerprint density at radius 3 is 2.57 bits per heavy atom. The van der Waals surface area contributed by atoms with E-state index in [1.165, 1.54) is 6.20 Å². The summed E-state index contributed by atoms with van der Waals surface area (Å²) in [6, 6.07) is -0.209. The molecule has 0 aliphatic carbocycles. The van der Waals surface area contributed by atoms with Crippen LogP contribution in [0.3, 0.4) is 0 Å². The van der Waals surface area contributed by atoms with Crippen LogP contribution in [0.25, 0.3) is 0 Å². The molecule has 5 nitrogen and oxygen atoms in total. The number of aliphatic carboxylic acids is 1. The highest BCUT2D eigenvalue weighted by Gasteiger charge is 2.34. The molecule has 2 heterocycles. The van der Waals surface area contributed by atoms with Crippen molar-refractivity contribution in [1.82, 2.24) is 9.88 Å². The van der Waals surface area contributed by atoms with Gasteiger partial charge in [0.2, 0.25) is 0 Å². The molecule has 21 heavy (non-hydrogen) atoms. The molecular formula is C13H13Cl3N2O3. The standard InChI is InChI=1S/C13H13Cl3N2O3/c1-6-4-7(13(20)21)2-3-18(6)12(19)11-10(16)9(15)8(14)5-17-11/h5-7H,2-4H2,1H3,(H,20,21). The molecule has 1 aromatic rings. The van der Waals surface area contributed by atoms with E-state index in [0.29, 0.717) is 19.4 Å².